The lowest BCUT2D eigenvalue weighted by molar-refractivity contribution is -0.274. The number of carbonyl (C=O) groups is 2. The molecule has 0 radical (unpaired) electrons. The van der Waals surface area contributed by atoms with Crippen LogP contribution in [0.1, 0.15) is 33.2 Å². The van der Waals surface area contributed by atoms with Gasteiger partial charge in [-0.25, -0.2) is 9.88 Å². The molecule has 1 aromatic carbocycles. The number of aryl methyl sites for hydroxylation is 1. The van der Waals surface area contributed by atoms with Gasteiger partial charge in [-0.3, -0.25) is 9.59 Å². The molecule has 0 unspecified atom stereocenters. The first-order valence-electron chi connectivity index (χ1n) is 8.36. The molecule has 1 aromatic heterocycles. The monoisotopic (exact) mass is 594 g/mol. The number of alkyl halides is 6. The number of aromatic nitrogens is 1. The van der Waals surface area contributed by atoms with Crippen LogP contribution < -0.4 is 9.64 Å². The molecule has 1 aliphatic rings. The average Bonchev–Trinajstić information content (AvgIpc) is 3.36. The summed E-state index contributed by atoms with van der Waals surface area (Å²) in [5.41, 5.74) is -1.67. The van der Waals surface area contributed by atoms with Crippen molar-refractivity contribution in [2.24, 2.45) is 5.92 Å². The molecular formula is C17H10Br2F6N2O3S. The van der Waals surface area contributed by atoms with Crippen LogP contribution in [0.15, 0.2) is 21.1 Å². The van der Waals surface area contributed by atoms with Crippen molar-refractivity contribution >= 4 is 60.7 Å². The molecule has 14 heteroatoms. The topological polar surface area (TPSA) is 59.5 Å². The van der Waals surface area contributed by atoms with Gasteiger partial charge in [-0.2, -0.15) is 13.2 Å². The fraction of sp³-hybridized carbons (Fsp3) is 0.353. The zero-order chi connectivity index (χ0) is 23.3. The Balaban J connectivity index is 2.12. The summed E-state index contributed by atoms with van der Waals surface area (Å²) < 4.78 is 81.2. The number of nitrogens with zero attached hydrogens (tertiary/aromatic N) is 2. The van der Waals surface area contributed by atoms with Crippen LogP contribution in [0, 0.1) is 12.8 Å². The van der Waals surface area contributed by atoms with Crippen LogP contribution in [0.25, 0.3) is 0 Å². The highest BCUT2D eigenvalue weighted by atomic mass is 79.9. The molecule has 1 saturated carbocycles. The first-order valence-corrected chi connectivity index (χ1v) is 10.8. The van der Waals surface area contributed by atoms with Gasteiger partial charge in [0.15, 0.2) is 5.69 Å². The Morgan fingerprint density at radius 1 is 1.13 bits per heavy atom. The third kappa shape index (κ3) is 5.40. The summed E-state index contributed by atoms with van der Waals surface area (Å²) in [6.07, 6.45) is -9.08. The van der Waals surface area contributed by atoms with E-state index in [4.69, 9.17) is 0 Å². The van der Waals surface area contributed by atoms with Crippen molar-refractivity contribution in [2.45, 2.75) is 32.3 Å². The normalized spacial score (nSPS) is 14.5. The van der Waals surface area contributed by atoms with Gasteiger partial charge in [0.05, 0.1) is 10.7 Å². The Labute approximate surface area is 191 Å². The van der Waals surface area contributed by atoms with E-state index in [0.29, 0.717) is 29.1 Å². The number of hydrogen-bond donors (Lipinski definition) is 0. The summed E-state index contributed by atoms with van der Waals surface area (Å²) in [7, 11) is 0. The molecule has 2 aromatic rings. The third-order valence-electron chi connectivity index (χ3n) is 3.99. The molecule has 0 aliphatic heterocycles. The van der Waals surface area contributed by atoms with Crippen LogP contribution in [0.2, 0.25) is 0 Å². The summed E-state index contributed by atoms with van der Waals surface area (Å²) in [4.78, 5) is 29.1. The maximum Gasteiger partial charge on any atom is 0.573 e. The van der Waals surface area contributed by atoms with E-state index < -0.39 is 46.6 Å². The zero-order valence-corrected chi connectivity index (χ0v) is 19.2. The van der Waals surface area contributed by atoms with Gasteiger partial charge in [-0.15, -0.1) is 24.5 Å². The van der Waals surface area contributed by atoms with Crippen molar-refractivity contribution in [2.75, 3.05) is 4.90 Å². The molecule has 5 nitrogen and oxygen atoms in total. The first kappa shape index (κ1) is 24.0. The van der Waals surface area contributed by atoms with E-state index >= 15 is 0 Å². The molecule has 1 fully saturated rings. The van der Waals surface area contributed by atoms with E-state index in [1.807, 2.05) is 0 Å². The standard InChI is InChI=1S/C17H10Br2F6N2O3S/c1-6-26-13(16(20,21)22)12(31-6)15(29)27(14(28)7-2-3-7)11-9(18)4-8(5-10(11)19)30-17(23,24)25/h4-5,7H,2-3H2,1H3. The predicted molar refractivity (Wildman–Crippen MR) is 105 cm³/mol. The Bertz CT molecular complexity index is 1030. The smallest absolute Gasteiger partial charge is 0.406 e. The molecule has 0 saturated heterocycles. The number of benzene rings is 1. The second-order valence-electron chi connectivity index (χ2n) is 6.44. The fourth-order valence-corrected chi connectivity index (χ4v) is 5.01. The van der Waals surface area contributed by atoms with Gasteiger partial charge < -0.3 is 4.74 Å². The van der Waals surface area contributed by atoms with Gasteiger partial charge in [0, 0.05) is 14.9 Å². The highest BCUT2D eigenvalue weighted by Gasteiger charge is 2.44. The van der Waals surface area contributed by atoms with E-state index in [0.717, 1.165) is 12.1 Å². The number of imide groups is 1. The summed E-state index contributed by atoms with van der Waals surface area (Å²) >= 11 is 6.45. The average molecular weight is 596 g/mol. The molecule has 0 N–H and O–H groups in total. The number of thiazole rings is 1. The Hall–Kier alpha value is -1.67. The maximum absolute atomic E-state index is 13.4. The first-order chi connectivity index (χ1) is 14.2. The van der Waals surface area contributed by atoms with Crippen LogP contribution >= 0.6 is 43.2 Å². The summed E-state index contributed by atoms with van der Waals surface area (Å²) in [6, 6.07) is 1.72. The number of carbonyl (C=O) groups excluding carboxylic acids is 2. The lowest BCUT2D eigenvalue weighted by atomic mass is 10.2. The third-order valence-corrected chi connectivity index (χ3v) is 6.16. The molecule has 2 amide bonds. The highest BCUT2D eigenvalue weighted by Crippen LogP contribution is 2.44. The summed E-state index contributed by atoms with van der Waals surface area (Å²) in [5.74, 6) is -3.29. The molecule has 1 aliphatic carbocycles. The maximum atomic E-state index is 13.4. The Kier molecular flexibility index (Phi) is 6.46. The summed E-state index contributed by atoms with van der Waals surface area (Å²) in [6.45, 7) is 1.28. The fourth-order valence-electron chi connectivity index (χ4n) is 2.64. The van der Waals surface area contributed by atoms with Crippen molar-refractivity contribution in [3.63, 3.8) is 0 Å². The lowest BCUT2D eigenvalue weighted by Crippen LogP contribution is -2.39. The van der Waals surface area contributed by atoms with Crippen LogP contribution in [0.5, 0.6) is 5.75 Å². The van der Waals surface area contributed by atoms with Crippen LogP contribution in [0.3, 0.4) is 0 Å². The molecule has 0 atom stereocenters. The lowest BCUT2D eigenvalue weighted by Gasteiger charge is -2.24. The van der Waals surface area contributed by atoms with Crippen LogP contribution in [-0.4, -0.2) is 23.2 Å². The molecule has 0 spiro atoms. The number of rotatable bonds is 4. The van der Waals surface area contributed by atoms with Gasteiger partial charge in [-0.1, -0.05) is 0 Å². The highest BCUT2D eigenvalue weighted by molar-refractivity contribution is 9.11. The second kappa shape index (κ2) is 8.35. The molecule has 168 valence electrons. The number of ether oxygens (including phenoxy) is 1. The largest absolute Gasteiger partial charge is 0.573 e. The van der Waals surface area contributed by atoms with Gasteiger partial charge in [0.1, 0.15) is 10.6 Å². The number of amides is 2. The van der Waals surface area contributed by atoms with Crippen molar-refractivity contribution in [3.8, 4) is 5.75 Å². The van der Waals surface area contributed by atoms with Crippen LogP contribution in [0.4, 0.5) is 32.0 Å². The van der Waals surface area contributed by atoms with Crippen molar-refractivity contribution in [1.29, 1.82) is 0 Å². The number of hydrogen-bond acceptors (Lipinski definition) is 5. The van der Waals surface area contributed by atoms with E-state index in [9.17, 15) is 35.9 Å². The van der Waals surface area contributed by atoms with E-state index in [-0.39, 0.29) is 19.6 Å². The Morgan fingerprint density at radius 3 is 2.13 bits per heavy atom. The number of halogens is 8. The predicted octanol–water partition coefficient (Wildman–Crippen LogP) is 6.48. The quantitative estimate of drug-likeness (QED) is 0.300. The van der Waals surface area contributed by atoms with Gasteiger partial charge >= 0.3 is 12.5 Å². The minimum atomic E-state index is -5.00. The minimum absolute atomic E-state index is 0.0402. The van der Waals surface area contributed by atoms with Crippen molar-refractivity contribution in [1.82, 2.24) is 4.98 Å². The van der Waals surface area contributed by atoms with E-state index in [1.54, 1.807) is 0 Å². The van der Waals surface area contributed by atoms with E-state index in [2.05, 4.69) is 41.6 Å². The zero-order valence-electron chi connectivity index (χ0n) is 15.2. The molecular weight excluding hydrogens is 586 g/mol. The van der Waals surface area contributed by atoms with Crippen LogP contribution in [-0.2, 0) is 11.0 Å². The molecule has 1 heterocycles. The van der Waals surface area contributed by atoms with Crippen molar-refractivity contribution in [3.05, 3.63) is 36.7 Å². The number of anilines is 1. The SMILES string of the molecule is Cc1nc(C(F)(F)F)c(C(=O)N(C(=O)C2CC2)c2c(Br)cc(OC(F)(F)F)cc2Br)s1. The van der Waals surface area contributed by atoms with Crippen molar-refractivity contribution < 1.29 is 40.7 Å². The molecule has 31 heavy (non-hydrogen) atoms. The Morgan fingerprint density at radius 2 is 1.68 bits per heavy atom. The minimum Gasteiger partial charge on any atom is -0.406 e. The van der Waals surface area contributed by atoms with Gasteiger partial charge in [0.25, 0.3) is 5.91 Å². The second-order valence-corrected chi connectivity index (χ2v) is 9.36. The molecule has 3 rings (SSSR count). The molecule has 0 bridgehead atoms. The van der Waals surface area contributed by atoms with E-state index in [1.165, 1.54) is 6.92 Å². The summed E-state index contributed by atoms with van der Waals surface area (Å²) in [5, 5.41) is -0.0402. The van der Waals surface area contributed by atoms with Gasteiger partial charge in [0.2, 0.25) is 5.91 Å². The van der Waals surface area contributed by atoms with Gasteiger partial charge in [-0.05, 0) is 63.8 Å².